The molecule has 5 heteroatoms. The molecule has 0 rings (SSSR count). The van der Waals surface area contributed by atoms with E-state index >= 15 is 0 Å². The SMILES string of the molecule is C/C(C(=O)O)=C(\C=C\C=O)C(=O)O. The number of carbonyl (C=O) groups is 3. The number of carbonyl (C=O) groups excluding carboxylic acids is 1. The Morgan fingerprint density at radius 2 is 1.69 bits per heavy atom. The molecule has 5 nitrogen and oxygen atoms in total. The average molecular weight is 184 g/mol. The van der Waals surface area contributed by atoms with Crippen molar-refractivity contribution in [3.8, 4) is 0 Å². The van der Waals surface area contributed by atoms with Gasteiger partial charge in [0, 0.05) is 5.57 Å². The van der Waals surface area contributed by atoms with Crippen LogP contribution in [0.5, 0.6) is 0 Å². The molecule has 0 heterocycles. The van der Waals surface area contributed by atoms with Crippen LogP contribution in [0.25, 0.3) is 0 Å². The Kier molecular flexibility index (Phi) is 4.15. The van der Waals surface area contributed by atoms with Gasteiger partial charge in [-0.2, -0.15) is 0 Å². The summed E-state index contributed by atoms with van der Waals surface area (Å²) in [6.07, 6.45) is 2.24. The minimum atomic E-state index is -1.38. The largest absolute Gasteiger partial charge is 0.478 e. The molecule has 0 fully saturated rings. The summed E-state index contributed by atoms with van der Waals surface area (Å²) in [5, 5.41) is 17.0. The Balaban J connectivity index is 5.11. The van der Waals surface area contributed by atoms with Gasteiger partial charge in [0.05, 0.1) is 5.57 Å². The first-order chi connectivity index (χ1) is 6.00. The topological polar surface area (TPSA) is 91.7 Å². The number of allylic oxidation sites excluding steroid dienone is 1. The summed E-state index contributed by atoms with van der Waals surface area (Å²) in [4.78, 5) is 30.7. The summed E-state index contributed by atoms with van der Waals surface area (Å²) in [5.41, 5.74) is -0.717. The summed E-state index contributed by atoms with van der Waals surface area (Å²) in [5.74, 6) is -2.70. The lowest BCUT2D eigenvalue weighted by atomic mass is 10.1. The number of aldehydes is 1. The first-order valence-corrected chi connectivity index (χ1v) is 3.30. The van der Waals surface area contributed by atoms with Gasteiger partial charge in [0.25, 0.3) is 0 Å². The highest BCUT2D eigenvalue weighted by Gasteiger charge is 2.12. The van der Waals surface area contributed by atoms with Gasteiger partial charge in [0.2, 0.25) is 0 Å². The molecule has 0 saturated heterocycles. The van der Waals surface area contributed by atoms with Crippen molar-refractivity contribution in [3.63, 3.8) is 0 Å². The minimum absolute atomic E-state index is 0.314. The Morgan fingerprint density at radius 1 is 1.15 bits per heavy atom. The van der Waals surface area contributed by atoms with Crippen molar-refractivity contribution < 1.29 is 24.6 Å². The van der Waals surface area contributed by atoms with Gasteiger partial charge in [0.1, 0.15) is 6.29 Å². The maximum absolute atomic E-state index is 10.5. The summed E-state index contributed by atoms with van der Waals surface area (Å²) in [6.45, 7) is 1.15. The van der Waals surface area contributed by atoms with E-state index in [1.54, 1.807) is 0 Å². The fourth-order valence-corrected chi connectivity index (χ4v) is 0.607. The molecule has 0 aromatic carbocycles. The van der Waals surface area contributed by atoms with E-state index in [1.807, 2.05) is 0 Å². The van der Waals surface area contributed by atoms with Gasteiger partial charge in [-0.05, 0) is 19.1 Å². The molecule has 0 spiro atoms. The summed E-state index contributed by atoms with van der Waals surface area (Å²) in [7, 11) is 0. The second-order valence-corrected chi connectivity index (χ2v) is 2.14. The molecule has 2 N–H and O–H groups in total. The third-order valence-corrected chi connectivity index (χ3v) is 1.30. The van der Waals surface area contributed by atoms with Crippen molar-refractivity contribution >= 4 is 18.2 Å². The molecule has 0 unspecified atom stereocenters. The zero-order valence-corrected chi connectivity index (χ0v) is 6.85. The third kappa shape index (κ3) is 3.33. The maximum Gasteiger partial charge on any atom is 0.336 e. The second-order valence-electron chi connectivity index (χ2n) is 2.14. The van der Waals surface area contributed by atoms with Gasteiger partial charge < -0.3 is 10.2 Å². The minimum Gasteiger partial charge on any atom is -0.478 e. The Bertz CT molecular complexity index is 298. The van der Waals surface area contributed by atoms with E-state index in [4.69, 9.17) is 10.2 Å². The smallest absolute Gasteiger partial charge is 0.336 e. The summed E-state index contributed by atoms with van der Waals surface area (Å²) in [6, 6.07) is 0. The molecular formula is C8H8O5. The molecular weight excluding hydrogens is 176 g/mol. The van der Waals surface area contributed by atoms with Gasteiger partial charge in [-0.3, -0.25) is 4.79 Å². The first kappa shape index (κ1) is 11.1. The predicted molar refractivity (Wildman–Crippen MR) is 43.2 cm³/mol. The van der Waals surface area contributed by atoms with E-state index in [-0.39, 0.29) is 5.57 Å². The van der Waals surface area contributed by atoms with E-state index in [1.165, 1.54) is 0 Å². The normalized spacial score (nSPS) is 12.4. The number of aliphatic carboxylic acids is 2. The molecule has 0 aliphatic heterocycles. The first-order valence-electron chi connectivity index (χ1n) is 3.30. The van der Waals surface area contributed by atoms with Crippen molar-refractivity contribution in [1.82, 2.24) is 0 Å². The number of carboxylic acids is 2. The second kappa shape index (κ2) is 4.87. The van der Waals surface area contributed by atoms with Gasteiger partial charge in [-0.25, -0.2) is 9.59 Å². The van der Waals surface area contributed by atoms with Gasteiger partial charge in [0.15, 0.2) is 0 Å². The zero-order valence-electron chi connectivity index (χ0n) is 6.85. The van der Waals surface area contributed by atoms with Gasteiger partial charge >= 0.3 is 11.9 Å². The standard InChI is InChI=1S/C8H8O5/c1-5(7(10)11)6(8(12)13)3-2-4-9/h2-4H,1H3,(H,10,11)(H,12,13)/b3-2+,6-5-. The number of hydrogen-bond acceptors (Lipinski definition) is 3. The number of carboxylic acid groups (broad SMARTS) is 2. The van der Waals surface area contributed by atoms with Crippen LogP contribution in [0.2, 0.25) is 0 Å². The third-order valence-electron chi connectivity index (χ3n) is 1.30. The van der Waals surface area contributed by atoms with Crippen molar-refractivity contribution in [2.24, 2.45) is 0 Å². The quantitative estimate of drug-likeness (QED) is 0.370. The molecule has 0 aromatic heterocycles. The number of hydrogen-bond donors (Lipinski definition) is 2. The molecule has 0 aromatic rings. The van der Waals surface area contributed by atoms with E-state index in [9.17, 15) is 14.4 Å². The van der Waals surface area contributed by atoms with Crippen molar-refractivity contribution in [2.75, 3.05) is 0 Å². The summed E-state index contributed by atoms with van der Waals surface area (Å²) >= 11 is 0. The summed E-state index contributed by atoms with van der Waals surface area (Å²) < 4.78 is 0. The highest BCUT2D eigenvalue weighted by molar-refractivity contribution is 6.00. The average Bonchev–Trinajstić information content (AvgIpc) is 2.04. The van der Waals surface area contributed by atoms with Crippen LogP contribution in [0, 0.1) is 0 Å². The van der Waals surface area contributed by atoms with Crippen LogP contribution in [-0.2, 0) is 14.4 Å². The van der Waals surface area contributed by atoms with Crippen molar-refractivity contribution in [2.45, 2.75) is 6.92 Å². The van der Waals surface area contributed by atoms with Gasteiger partial charge in [-0.1, -0.05) is 0 Å². The van der Waals surface area contributed by atoms with Crippen LogP contribution < -0.4 is 0 Å². The van der Waals surface area contributed by atoms with Crippen LogP contribution in [-0.4, -0.2) is 28.4 Å². The monoisotopic (exact) mass is 184 g/mol. The zero-order chi connectivity index (χ0) is 10.4. The van der Waals surface area contributed by atoms with Crippen molar-refractivity contribution in [1.29, 1.82) is 0 Å². The molecule has 0 radical (unpaired) electrons. The lowest BCUT2D eigenvalue weighted by Gasteiger charge is -1.97. The van der Waals surface area contributed by atoms with Crippen LogP contribution in [0.4, 0.5) is 0 Å². The van der Waals surface area contributed by atoms with Crippen LogP contribution in [0.1, 0.15) is 6.92 Å². The molecule has 0 atom stereocenters. The lowest BCUT2D eigenvalue weighted by Crippen LogP contribution is -2.07. The fraction of sp³-hybridized carbons (Fsp3) is 0.125. The van der Waals surface area contributed by atoms with E-state index in [0.717, 1.165) is 19.1 Å². The van der Waals surface area contributed by atoms with E-state index in [0.29, 0.717) is 6.29 Å². The number of rotatable bonds is 4. The molecule has 0 bridgehead atoms. The highest BCUT2D eigenvalue weighted by atomic mass is 16.4. The van der Waals surface area contributed by atoms with E-state index < -0.39 is 17.5 Å². The maximum atomic E-state index is 10.5. The molecule has 70 valence electrons. The Hall–Kier alpha value is -1.91. The fourth-order valence-electron chi connectivity index (χ4n) is 0.607. The predicted octanol–water partition coefficient (Wildman–Crippen LogP) is 0.227. The van der Waals surface area contributed by atoms with Crippen LogP contribution in [0.15, 0.2) is 23.3 Å². The Morgan fingerprint density at radius 3 is 2.00 bits per heavy atom. The lowest BCUT2D eigenvalue weighted by molar-refractivity contribution is -0.135. The molecule has 0 aliphatic rings. The molecule has 13 heavy (non-hydrogen) atoms. The van der Waals surface area contributed by atoms with Crippen LogP contribution in [0.3, 0.4) is 0 Å². The van der Waals surface area contributed by atoms with Gasteiger partial charge in [-0.15, -0.1) is 0 Å². The van der Waals surface area contributed by atoms with Crippen LogP contribution >= 0.6 is 0 Å². The highest BCUT2D eigenvalue weighted by Crippen LogP contribution is 2.06. The van der Waals surface area contributed by atoms with E-state index in [2.05, 4.69) is 0 Å². The molecule has 0 amide bonds. The molecule has 0 saturated carbocycles. The Labute approximate surface area is 74.0 Å². The molecule has 0 aliphatic carbocycles. The van der Waals surface area contributed by atoms with Crippen molar-refractivity contribution in [3.05, 3.63) is 23.3 Å².